The Bertz CT molecular complexity index is 617. The van der Waals surface area contributed by atoms with E-state index in [1.165, 1.54) is 12.1 Å². The zero-order valence-corrected chi connectivity index (χ0v) is 12.4. The predicted molar refractivity (Wildman–Crippen MR) is 83.7 cm³/mol. The number of hydrogen-bond acceptors (Lipinski definition) is 1. The Labute approximate surface area is 132 Å². The molecule has 0 radical (unpaired) electrons. The number of nitrogens with two attached hydrogens (primary N) is 2. The second-order valence-corrected chi connectivity index (χ2v) is 5.05. The number of hydrogen-bond donors (Lipinski definition) is 2. The van der Waals surface area contributed by atoms with Crippen LogP contribution in [0.25, 0.3) is 0 Å². The summed E-state index contributed by atoms with van der Waals surface area (Å²) < 4.78 is 37.4. The molecule has 0 spiro atoms. The van der Waals surface area contributed by atoms with Crippen molar-refractivity contribution >= 4 is 11.9 Å². The first-order valence-electron chi connectivity index (χ1n) is 7.06. The van der Waals surface area contributed by atoms with Gasteiger partial charge in [-0.15, -0.1) is 0 Å². The lowest BCUT2D eigenvalue weighted by atomic mass is 10.1. The zero-order chi connectivity index (χ0) is 16.9. The Morgan fingerprint density at radius 2 is 1.83 bits per heavy atom. The molecule has 0 aromatic heterocycles. The second-order valence-electron chi connectivity index (χ2n) is 5.05. The summed E-state index contributed by atoms with van der Waals surface area (Å²) in [6, 6.07) is 4.75. The van der Waals surface area contributed by atoms with Crippen LogP contribution < -0.4 is 11.5 Å². The standard InChI is InChI=1S/C15H18F3N5/c16-15(17,18)12-6-4-11(5-7-12)10-21-13(19)22-14(20)23-8-2-1-3-9-23/h1-2,4-7H,3,8-10H2,(H4,19,20,21,22). The minimum absolute atomic E-state index is 0.00282. The van der Waals surface area contributed by atoms with Crippen molar-refractivity contribution in [1.82, 2.24) is 4.90 Å². The molecule has 0 atom stereocenters. The summed E-state index contributed by atoms with van der Waals surface area (Å²) in [6.45, 7) is 1.57. The molecule has 0 aliphatic carbocycles. The Morgan fingerprint density at radius 3 is 2.39 bits per heavy atom. The average Bonchev–Trinajstić information content (AvgIpc) is 2.53. The smallest absolute Gasteiger partial charge is 0.369 e. The molecule has 0 fully saturated rings. The van der Waals surface area contributed by atoms with Crippen LogP contribution in [0, 0.1) is 0 Å². The van der Waals surface area contributed by atoms with E-state index < -0.39 is 11.7 Å². The summed E-state index contributed by atoms with van der Waals surface area (Å²) >= 11 is 0. The van der Waals surface area contributed by atoms with Crippen LogP contribution in [0.5, 0.6) is 0 Å². The third kappa shape index (κ3) is 5.01. The molecular weight excluding hydrogens is 307 g/mol. The Hall–Kier alpha value is -2.51. The normalized spacial score (nSPS) is 16.7. The van der Waals surface area contributed by atoms with Gasteiger partial charge in [-0.25, -0.2) is 4.99 Å². The van der Waals surface area contributed by atoms with Crippen LogP contribution in [0.1, 0.15) is 17.5 Å². The van der Waals surface area contributed by atoms with E-state index in [2.05, 4.69) is 16.1 Å². The molecule has 0 saturated carbocycles. The Balaban J connectivity index is 1.97. The summed E-state index contributed by atoms with van der Waals surface area (Å²) in [4.78, 5) is 9.89. The van der Waals surface area contributed by atoms with Crippen LogP contribution in [-0.2, 0) is 12.7 Å². The maximum absolute atomic E-state index is 12.5. The molecule has 8 heteroatoms. The van der Waals surface area contributed by atoms with Crippen LogP contribution in [-0.4, -0.2) is 29.9 Å². The minimum Gasteiger partial charge on any atom is -0.369 e. The number of rotatable bonds is 2. The maximum Gasteiger partial charge on any atom is 0.416 e. The van der Waals surface area contributed by atoms with Crippen LogP contribution >= 0.6 is 0 Å². The molecule has 1 aromatic rings. The maximum atomic E-state index is 12.5. The molecule has 5 nitrogen and oxygen atoms in total. The number of alkyl halides is 3. The lowest BCUT2D eigenvalue weighted by molar-refractivity contribution is -0.137. The minimum atomic E-state index is -4.34. The van der Waals surface area contributed by atoms with Gasteiger partial charge in [-0.05, 0) is 24.1 Å². The average molecular weight is 325 g/mol. The summed E-state index contributed by atoms with van der Waals surface area (Å²) in [5, 5.41) is 0. The fourth-order valence-corrected chi connectivity index (χ4v) is 2.04. The topological polar surface area (TPSA) is 80.0 Å². The monoisotopic (exact) mass is 325 g/mol. The van der Waals surface area contributed by atoms with Gasteiger partial charge in [0.05, 0.1) is 12.1 Å². The van der Waals surface area contributed by atoms with Crippen molar-refractivity contribution in [3.63, 3.8) is 0 Å². The van der Waals surface area contributed by atoms with E-state index in [0.29, 0.717) is 12.1 Å². The number of aliphatic imine (C=N–C) groups is 2. The molecule has 124 valence electrons. The highest BCUT2D eigenvalue weighted by Crippen LogP contribution is 2.29. The van der Waals surface area contributed by atoms with E-state index in [-0.39, 0.29) is 18.5 Å². The SMILES string of the molecule is NC(=NCc1ccc(C(F)(F)F)cc1)N=C(N)N1CC=CCC1. The molecule has 1 aliphatic rings. The Kier molecular flexibility index (Phi) is 5.25. The summed E-state index contributed by atoms with van der Waals surface area (Å²) in [5.74, 6) is 0.278. The summed E-state index contributed by atoms with van der Waals surface area (Å²) in [7, 11) is 0. The molecule has 1 aromatic carbocycles. The largest absolute Gasteiger partial charge is 0.416 e. The first kappa shape index (κ1) is 16.9. The number of guanidine groups is 2. The lowest BCUT2D eigenvalue weighted by Gasteiger charge is -2.23. The molecule has 4 N–H and O–H groups in total. The molecule has 2 rings (SSSR count). The van der Waals surface area contributed by atoms with Crippen molar-refractivity contribution in [1.29, 1.82) is 0 Å². The number of nitrogens with zero attached hydrogens (tertiary/aromatic N) is 3. The first-order valence-corrected chi connectivity index (χ1v) is 7.06. The third-order valence-corrected chi connectivity index (χ3v) is 3.32. The van der Waals surface area contributed by atoms with E-state index >= 15 is 0 Å². The summed E-state index contributed by atoms with van der Waals surface area (Å²) in [5.41, 5.74) is 11.4. The molecule has 0 unspecified atom stereocenters. The van der Waals surface area contributed by atoms with Crippen molar-refractivity contribution < 1.29 is 13.2 Å². The van der Waals surface area contributed by atoms with Crippen LogP contribution in [0.3, 0.4) is 0 Å². The number of benzene rings is 1. The fourth-order valence-electron chi connectivity index (χ4n) is 2.04. The highest BCUT2D eigenvalue weighted by molar-refractivity contribution is 5.93. The molecule has 0 amide bonds. The van der Waals surface area contributed by atoms with E-state index in [1.807, 2.05) is 11.0 Å². The molecule has 0 bridgehead atoms. The quantitative estimate of drug-likeness (QED) is 0.496. The zero-order valence-electron chi connectivity index (χ0n) is 12.4. The molecular formula is C15H18F3N5. The van der Waals surface area contributed by atoms with E-state index in [9.17, 15) is 13.2 Å². The lowest BCUT2D eigenvalue weighted by Crippen LogP contribution is -2.40. The van der Waals surface area contributed by atoms with Gasteiger partial charge in [-0.2, -0.15) is 18.2 Å². The first-order chi connectivity index (χ1) is 10.9. The van der Waals surface area contributed by atoms with Crippen molar-refractivity contribution in [3.05, 3.63) is 47.5 Å². The third-order valence-electron chi connectivity index (χ3n) is 3.32. The van der Waals surface area contributed by atoms with Gasteiger partial charge in [0.1, 0.15) is 0 Å². The van der Waals surface area contributed by atoms with Gasteiger partial charge < -0.3 is 16.4 Å². The van der Waals surface area contributed by atoms with E-state index in [4.69, 9.17) is 11.5 Å². The molecule has 1 aliphatic heterocycles. The fraction of sp³-hybridized carbons (Fsp3) is 0.333. The van der Waals surface area contributed by atoms with Gasteiger partial charge in [0.15, 0.2) is 5.96 Å². The highest BCUT2D eigenvalue weighted by Gasteiger charge is 2.29. The van der Waals surface area contributed by atoms with Crippen LogP contribution in [0.4, 0.5) is 13.2 Å². The van der Waals surface area contributed by atoms with Gasteiger partial charge in [0.25, 0.3) is 0 Å². The van der Waals surface area contributed by atoms with Gasteiger partial charge in [0, 0.05) is 13.1 Å². The van der Waals surface area contributed by atoms with Gasteiger partial charge >= 0.3 is 6.18 Å². The molecule has 23 heavy (non-hydrogen) atoms. The van der Waals surface area contributed by atoms with Crippen molar-refractivity contribution in [2.75, 3.05) is 13.1 Å². The van der Waals surface area contributed by atoms with E-state index in [0.717, 1.165) is 25.1 Å². The summed E-state index contributed by atoms with van der Waals surface area (Å²) in [6.07, 6.45) is 0.592. The highest BCUT2D eigenvalue weighted by atomic mass is 19.4. The van der Waals surface area contributed by atoms with Crippen molar-refractivity contribution in [2.45, 2.75) is 19.1 Å². The Morgan fingerprint density at radius 1 is 1.13 bits per heavy atom. The molecule has 0 saturated heterocycles. The second kappa shape index (κ2) is 7.17. The number of halogens is 3. The van der Waals surface area contributed by atoms with Gasteiger partial charge in [-0.3, -0.25) is 0 Å². The van der Waals surface area contributed by atoms with Gasteiger partial charge in [0.2, 0.25) is 5.96 Å². The van der Waals surface area contributed by atoms with Crippen LogP contribution in [0.2, 0.25) is 0 Å². The molecule has 1 heterocycles. The van der Waals surface area contributed by atoms with E-state index in [1.54, 1.807) is 0 Å². The van der Waals surface area contributed by atoms with Gasteiger partial charge in [-0.1, -0.05) is 24.3 Å². The van der Waals surface area contributed by atoms with Crippen molar-refractivity contribution in [3.8, 4) is 0 Å². The van der Waals surface area contributed by atoms with Crippen LogP contribution in [0.15, 0.2) is 46.4 Å². The predicted octanol–water partition coefficient (Wildman–Crippen LogP) is 2.10. The van der Waals surface area contributed by atoms with Crippen molar-refractivity contribution in [2.24, 2.45) is 21.5 Å².